The molecule has 1 nitrogen and oxygen atoms in total. The molecule has 0 spiro atoms. The van der Waals surface area contributed by atoms with Crippen molar-refractivity contribution in [1.29, 1.82) is 0 Å². The van der Waals surface area contributed by atoms with Gasteiger partial charge in [-0.2, -0.15) is 0 Å². The third kappa shape index (κ3) is 2.66. The van der Waals surface area contributed by atoms with Crippen LogP contribution in [0.1, 0.15) is 6.92 Å². The van der Waals surface area contributed by atoms with Gasteiger partial charge in [-0.3, -0.25) is 0 Å². The first-order valence-corrected chi connectivity index (χ1v) is 2.69. The number of aliphatic hydroxyl groups excluding tert-OH is 1. The summed E-state index contributed by atoms with van der Waals surface area (Å²) in [7, 11) is 0. The van der Waals surface area contributed by atoms with Crippen molar-refractivity contribution in [1.82, 2.24) is 0 Å². The molecule has 0 aromatic heterocycles. The Morgan fingerprint density at radius 2 is 2.43 bits per heavy atom. The average molecular weight is 121 g/mol. The topological polar surface area (TPSA) is 20.2 Å². The molecule has 0 bridgehead atoms. The van der Waals surface area contributed by atoms with Gasteiger partial charge in [-0.05, 0) is 12.5 Å². The largest absolute Gasteiger partial charge is 0.392 e. The second-order valence-electron chi connectivity index (χ2n) is 1.24. The van der Waals surface area contributed by atoms with E-state index in [4.69, 9.17) is 16.7 Å². The van der Waals surface area contributed by atoms with Crippen LogP contribution in [0.15, 0.2) is 11.6 Å². The minimum atomic E-state index is 0.0833. The molecule has 0 aliphatic heterocycles. The van der Waals surface area contributed by atoms with Gasteiger partial charge in [0.05, 0.1) is 6.61 Å². The summed E-state index contributed by atoms with van der Waals surface area (Å²) in [6, 6.07) is 0. The van der Waals surface area contributed by atoms with Crippen LogP contribution in [0, 0.1) is 0 Å². The lowest BCUT2D eigenvalue weighted by molar-refractivity contribution is 0.331. The van der Waals surface area contributed by atoms with Crippen LogP contribution >= 0.6 is 11.6 Å². The Morgan fingerprint density at radius 1 is 1.86 bits per heavy atom. The second-order valence-corrected chi connectivity index (χ2v) is 1.51. The Hall–Kier alpha value is -0.0100. The maximum absolute atomic E-state index is 8.37. The van der Waals surface area contributed by atoms with Gasteiger partial charge in [-0.1, -0.05) is 6.08 Å². The highest BCUT2D eigenvalue weighted by molar-refractivity contribution is 6.19. The summed E-state index contributed by atoms with van der Waals surface area (Å²) in [6.45, 7) is 1.94. The molecule has 42 valence electrons. The fourth-order valence-corrected chi connectivity index (χ4v) is 0.450. The van der Waals surface area contributed by atoms with Gasteiger partial charge in [0, 0.05) is 5.88 Å². The molecule has 0 aromatic rings. The Morgan fingerprint density at radius 3 is 2.43 bits per heavy atom. The van der Waals surface area contributed by atoms with Crippen molar-refractivity contribution in [3.05, 3.63) is 11.6 Å². The minimum absolute atomic E-state index is 0.0833. The highest BCUT2D eigenvalue weighted by Gasteiger charge is 1.85. The molecule has 1 N–H and O–H groups in total. The van der Waals surface area contributed by atoms with Crippen LogP contribution in [-0.4, -0.2) is 17.6 Å². The molecule has 7 heavy (non-hydrogen) atoms. The van der Waals surface area contributed by atoms with Crippen LogP contribution in [0.4, 0.5) is 0 Å². The molecule has 0 heterocycles. The second kappa shape index (κ2) is 4.16. The lowest BCUT2D eigenvalue weighted by Crippen LogP contribution is -1.89. The number of hydrogen-bond donors (Lipinski definition) is 1. The van der Waals surface area contributed by atoms with E-state index in [1.54, 1.807) is 0 Å². The zero-order valence-corrected chi connectivity index (χ0v) is 5.07. The smallest absolute Gasteiger partial charge is 0.0653 e. The molecular formula is C5H9ClO. The third-order valence-corrected chi connectivity index (χ3v) is 1.13. The summed E-state index contributed by atoms with van der Waals surface area (Å²) < 4.78 is 0. The summed E-state index contributed by atoms with van der Waals surface area (Å²) >= 11 is 5.34. The van der Waals surface area contributed by atoms with Gasteiger partial charge in [0.15, 0.2) is 0 Å². The van der Waals surface area contributed by atoms with E-state index in [2.05, 4.69) is 0 Å². The Balaban J connectivity index is 3.38. The van der Waals surface area contributed by atoms with Crippen LogP contribution in [0.2, 0.25) is 0 Å². The van der Waals surface area contributed by atoms with Gasteiger partial charge in [-0.15, -0.1) is 11.6 Å². The fraction of sp³-hybridized carbons (Fsp3) is 0.600. The van der Waals surface area contributed by atoms with Crippen molar-refractivity contribution in [2.24, 2.45) is 0 Å². The molecule has 0 saturated heterocycles. The van der Waals surface area contributed by atoms with E-state index in [0.29, 0.717) is 5.88 Å². The Bertz CT molecular complexity index is 62.5. The van der Waals surface area contributed by atoms with Crippen LogP contribution in [0.25, 0.3) is 0 Å². The van der Waals surface area contributed by atoms with E-state index in [-0.39, 0.29) is 6.61 Å². The van der Waals surface area contributed by atoms with Gasteiger partial charge in [0.1, 0.15) is 0 Å². The summed E-state index contributed by atoms with van der Waals surface area (Å²) in [4.78, 5) is 0. The van der Waals surface area contributed by atoms with Crippen molar-refractivity contribution in [2.45, 2.75) is 6.92 Å². The van der Waals surface area contributed by atoms with E-state index < -0.39 is 0 Å². The number of halogens is 1. The Labute approximate surface area is 48.6 Å². The Kier molecular flexibility index (Phi) is 4.15. The zero-order valence-electron chi connectivity index (χ0n) is 4.32. The maximum Gasteiger partial charge on any atom is 0.0653 e. The molecule has 0 aromatic carbocycles. The maximum atomic E-state index is 8.37. The monoisotopic (exact) mass is 120 g/mol. The van der Waals surface area contributed by atoms with Crippen molar-refractivity contribution in [3.63, 3.8) is 0 Å². The highest BCUT2D eigenvalue weighted by Crippen LogP contribution is 1.93. The van der Waals surface area contributed by atoms with Gasteiger partial charge < -0.3 is 5.11 Å². The fourth-order valence-electron chi connectivity index (χ4n) is 0.211. The SMILES string of the molecule is C/C=C(\CO)CCl. The lowest BCUT2D eigenvalue weighted by atomic mass is 10.3. The molecule has 0 unspecified atom stereocenters. The molecule has 0 aliphatic carbocycles. The molecule has 0 radical (unpaired) electrons. The number of alkyl halides is 1. The van der Waals surface area contributed by atoms with Gasteiger partial charge in [0.25, 0.3) is 0 Å². The van der Waals surface area contributed by atoms with Crippen molar-refractivity contribution >= 4 is 11.6 Å². The average Bonchev–Trinajstić information content (AvgIpc) is 1.72. The molecule has 0 rings (SSSR count). The first-order valence-electron chi connectivity index (χ1n) is 2.16. The predicted molar refractivity (Wildman–Crippen MR) is 31.6 cm³/mol. The van der Waals surface area contributed by atoms with E-state index in [0.717, 1.165) is 5.57 Å². The summed E-state index contributed by atoms with van der Waals surface area (Å²) in [5.74, 6) is 0.438. The summed E-state index contributed by atoms with van der Waals surface area (Å²) in [5.41, 5.74) is 0.877. The number of aliphatic hydroxyl groups is 1. The number of hydrogen-bond acceptors (Lipinski definition) is 1. The third-order valence-electron chi connectivity index (χ3n) is 0.783. The molecule has 2 heteroatoms. The summed E-state index contributed by atoms with van der Waals surface area (Å²) in [6.07, 6.45) is 1.81. The van der Waals surface area contributed by atoms with Gasteiger partial charge in [-0.25, -0.2) is 0 Å². The first-order chi connectivity index (χ1) is 3.35. The van der Waals surface area contributed by atoms with Crippen LogP contribution in [0.3, 0.4) is 0 Å². The van der Waals surface area contributed by atoms with Gasteiger partial charge >= 0.3 is 0 Å². The van der Waals surface area contributed by atoms with E-state index in [1.165, 1.54) is 0 Å². The molecule has 0 fully saturated rings. The number of allylic oxidation sites excluding steroid dienone is 1. The van der Waals surface area contributed by atoms with Crippen molar-refractivity contribution in [3.8, 4) is 0 Å². The van der Waals surface area contributed by atoms with Crippen molar-refractivity contribution < 1.29 is 5.11 Å². The van der Waals surface area contributed by atoms with Crippen LogP contribution < -0.4 is 0 Å². The quantitative estimate of drug-likeness (QED) is 0.429. The van der Waals surface area contributed by atoms with E-state index in [9.17, 15) is 0 Å². The van der Waals surface area contributed by atoms with E-state index >= 15 is 0 Å². The molecule has 0 atom stereocenters. The first kappa shape index (κ1) is 6.99. The standard InChI is InChI=1S/C5H9ClO/c1-2-5(3-6)4-7/h2,7H,3-4H2,1H3/b5-2-. The normalized spacial score (nSPS) is 12.1. The highest BCUT2D eigenvalue weighted by atomic mass is 35.5. The predicted octanol–water partition coefficient (Wildman–Crippen LogP) is 1.16. The zero-order chi connectivity index (χ0) is 5.70. The molecule has 0 aliphatic rings. The van der Waals surface area contributed by atoms with Crippen LogP contribution in [-0.2, 0) is 0 Å². The minimum Gasteiger partial charge on any atom is -0.392 e. The molecule has 0 amide bonds. The molecular weight excluding hydrogens is 112 g/mol. The summed E-state index contributed by atoms with van der Waals surface area (Å²) in [5, 5.41) is 8.37. The lowest BCUT2D eigenvalue weighted by Gasteiger charge is -1.90. The van der Waals surface area contributed by atoms with Gasteiger partial charge in [0.2, 0.25) is 0 Å². The van der Waals surface area contributed by atoms with E-state index in [1.807, 2.05) is 13.0 Å². The van der Waals surface area contributed by atoms with Crippen LogP contribution in [0.5, 0.6) is 0 Å². The van der Waals surface area contributed by atoms with Crippen molar-refractivity contribution in [2.75, 3.05) is 12.5 Å². The molecule has 0 saturated carbocycles. The number of rotatable bonds is 2.